The van der Waals surface area contributed by atoms with Crippen molar-refractivity contribution in [2.24, 2.45) is 0 Å². The number of thiol groups is 3. The van der Waals surface area contributed by atoms with Gasteiger partial charge in [-0.25, -0.2) is 0 Å². The summed E-state index contributed by atoms with van der Waals surface area (Å²) in [6.45, 7) is 0.107. The van der Waals surface area contributed by atoms with Gasteiger partial charge in [0.25, 0.3) is 0 Å². The predicted octanol–water partition coefficient (Wildman–Crippen LogP) is 7.99. The van der Waals surface area contributed by atoms with Crippen molar-refractivity contribution in [3.8, 4) is 0 Å². The Morgan fingerprint density at radius 3 is 0.518 bits per heavy atom. The second-order valence-corrected chi connectivity index (χ2v) is 18.4. The molecule has 0 amide bonds. The fourth-order valence-corrected chi connectivity index (χ4v) is 7.14. The summed E-state index contributed by atoms with van der Waals surface area (Å²) in [5.41, 5.74) is 0. The van der Waals surface area contributed by atoms with Gasteiger partial charge < -0.3 is 56.6 Å². The van der Waals surface area contributed by atoms with Gasteiger partial charge in [-0.05, 0) is 55.8 Å². The molecule has 0 bridgehead atoms. The van der Waals surface area contributed by atoms with E-state index in [-0.39, 0.29) is 103 Å². The van der Waals surface area contributed by atoms with Crippen molar-refractivity contribution in [3.05, 3.63) is 0 Å². The van der Waals surface area contributed by atoms with Gasteiger partial charge in [0.15, 0.2) is 0 Å². The maximum absolute atomic E-state index is 10.2. The van der Waals surface area contributed by atoms with E-state index in [9.17, 15) is 43.1 Å². The zero-order valence-electron chi connectivity index (χ0n) is 34.0. The van der Waals surface area contributed by atoms with Crippen molar-refractivity contribution >= 4 is 61.4 Å². The average molecular weight is 1170 g/mol. The summed E-state index contributed by atoms with van der Waals surface area (Å²) in [4.78, 5) is 61.0. The summed E-state index contributed by atoms with van der Waals surface area (Å²) in [5.74, 6) is 2.96. The van der Waals surface area contributed by atoms with E-state index in [1.165, 1.54) is 135 Å². The molecule has 20 heteroatoms. The van der Waals surface area contributed by atoms with Crippen LogP contribution in [0.3, 0.4) is 0 Å². The van der Waals surface area contributed by atoms with Crippen LogP contribution in [-0.2, 0) is 27.3 Å². The normalized spacial score (nSPS) is 11.5. The Morgan fingerprint density at radius 2 is 0.393 bits per heavy atom. The van der Waals surface area contributed by atoms with Crippen LogP contribution in [-0.4, -0.2) is 37.1 Å². The van der Waals surface area contributed by atoms with Gasteiger partial charge in [0.2, 0.25) is 0 Å². The van der Waals surface area contributed by atoms with Crippen molar-refractivity contribution in [3.63, 3.8) is 0 Å². The predicted molar refractivity (Wildman–Crippen MR) is 221 cm³/mol. The molecule has 0 aliphatic rings. The van der Waals surface area contributed by atoms with Gasteiger partial charge in [-0.2, -0.15) is 37.9 Å². The van der Waals surface area contributed by atoms with Gasteiger partial charge in [-0.15, -0.1) is 0 Å². The van der Waals surface area contributed by atoms with E-state index >= 15 is 0 Å². The molecule has 0 atom stereocenters. The Kier molecular flexibility index (Phi) is 66.1. The Balaban J connectivity index is -0.000000228. The zero-order chi connectivity index (χ0) is 41.1. The van der Waals surface area contributed by atoms with E-state index in [1.807, 2.05) is 0 Å². The molecule has 0 saturated carbocycles. The molecule has 0 aromatic heterocycles. The van der Waals surface area contributed by atoms with Crippen molar-refractivity contribution < 1.29 is 140 Å². The van der Waals surface area contributed by atoms with Gasteiger partial charge in [-0.3, -0.25) is 0 Å². The van der Waals surface area contributed by atoms with Crippen LogP contribution >= 0.6 is 61.4 Å². The van der Waals surface area contributed by atoms with E-state index in [2.05, 4.69) is 51.5 Å². The molecule has 12 nitrogen and oxygen atoms in total. The van der Waals surface area contributed by atoms with Gasteiger partial charge in [0, 0.05) is 0 Å². The Hall–Kier alpha value is 4.13. The molecule has 2 radical (unpaired) electrons. The molecular weight excluding hydrogens is 1090 g/mol. The van der Waals surface area contributed by atoms with Crippen LogP contribution in [0.15, 0.2) is 0 Å². The molecule has 0 N–H and O–H groups in total. The quantitative estimate of drug-likeness (QED) is 0.0303. The summed E-state index contributed by atoms with van der Waals surface area (Å²) in [6.07, 6.45) is 34.4. The summed E-state index contributed by atoms with van der Waals surface area (Å²) in [5, 5.41) is 0. The van der Waals surface area contributed by atoms with Crippen LogP contribution in [0.25, 0.3) is 0 Å². The number of rotatable bonds is 39. The average Bonchev–Trinajstić information content (AvgIpc) is 3.09. The topological polar surface area (TPSA) is 217 Å². The Labute approximate surface area is 426 Å². The third-order valence-electron chi connectivity index (χ3n) is 8.41. The van der Waals surface area contributed by atoms with Crippen molar-refractivity contribution in [2.75, 3.05) is 37.1 Å². The summed E-state index contributed by atoms with van der Waals surface area (Å²) < 4.78 is 42.9. The minimum Gasteiger partial charge on any atom is -0.790 e. The SMILES string of the molecule is O=P([O-])([O-])OCCCCCCCCCCCCS.O=P([O-])([O-])OCCCCCCCCCCCCS.O=P([O-])([O-])OCCCCCCCCCCCCS.[Ce+3].[Ce+3]. The fraction of sp³-hybridized carbons (Fsp3) is 1.00. The zero-order valence-corrected chi connectivity index (χ0v) is 45.7. The summed E-state index contributed by atoms with van der Waals surface area (Å²) >= 11 is 12.5. The number of hydrogen-bond donors (Lipinski definition) is 3. The van der Waals surface area contributed by atoms with Crippen LogP contribution in [0.1, 0.15) is 193 Å². The van der Waals surface area contributed by atoms with Gasteiger partial charge in [-0.1, -0.05) is 154 Å². The molecule has 0 fully saturated rings. The van der Waals surface area contributed by atoms with E-state index in [1.54, 1.807) is 0 Å². The van der Waals surface area contributed by atoms with Crippen molar-refractivity contribution in [1.82, 2.24) is 0 Å². The molecule has 0 heterocycles. The van der Waals surface area contributed by atoms with Gasteiger partial charge in [0.1, 0.15) is 0 Å². The van der Waals surface area contributed by atoms with E-state index < -0.39 is 23.5 Å². The standard InChI is InChI=1S/3C12H27O4PS.2Ce/c3*13-17(14,15)16-11-9-7-5-3-1-2-4-6-8-10-12-18;;/h3*18H,1-12H2,(H2,13,14,15);;/q;;;2*+3/p-6. The number of hydrogen-bond acceptors (Lipinski definition) is 15. The minimum absolute atomic E-state index is 0. The molecule has 0 unspecified atom stereocenters. The third kappa shape index (κ3) is 78.6. The van der Waals surface area contributed by atoms with E-state index in [0.717, 1.165) is 55.8 Å². The van der Waals surface area contributed by atoms with Crippen LogP contribution in [0.5, 0.6) is 0 Å². The molecule has 332 valence electrons. The van der Waals surface area contributed by atoms with Crippen LogP contribution in [0.4, 0.5) is 0 Å². The number of phosphoric ester groups is 3. The van der Waals surface area contributed by atoms with Crippen LogP contribution < -0.4 is 29.4 Å². The second kappa shape index (κ2) is 53.5. The first-order chi connectivity index (χ1) is 25.7. The molecule has 0 aliphatic heterocycles. The van der Waals surface area contributed by atoms with Gasteiger partial charge in [0.05, 0.1) is 43.3 Å². The number of unbranched alkanes of at least 4 members (excludes halogenated alkanes) is 27. The smallest absolute Gasteiger partial charge is 0.790 e. The minimum atomic E-state index is -4.75. The molecule has 0 saturated heterocycles. The largest absolute Gasteiger partial charge is 3.00 e. The van der Waals surface area contributed by atoms with E-state index in [4.69, 9.17) is 0 Å². The summed E-state index contributed by atoms with van der Waals surface area (Å²) in [6, 6.07) is 0. The van der Waals surface area contributed by atoms with Gasteiger partial charge >= 0.3 is 83.5 Å². The third-order valence-corrected chi connectivity index (χ3v) is 10.9. The molecule has 0 spiro atoms. The fourth-order valence-electron chi connectivity index (χ4n) is 5.41. The second-order valence-electron chi connectivity index (χ2n) is 13.6. The number of phosphoric acid groups is 3. The van der Waals surface area contributed by atoms with Crippen molar-refractivity contribution in [2.45, 2.75) is 193 Å². The first kappa shape index (κ1) is 69.2. The van der Waals surface area contributed by atoms with Crippen LogP contribution in [0, 0.1) is 83.5 Å². The van der Waals surface area contributed by atoms with Crippen LogP contribution in [0.2, 0.25) is 0 Å². The molecule has 0 aromatic rings. The molecule has 0 aliphatic carbocycles. The van der Waals surface area contributed by atoms with Crippen molar-refractivity contribution in [1.29, 1.82) is 0 Å². The Bertz CT molecular complexity index is 782. The summed E-state index contributed by atoms with van der Waals surface area (Å²) in [7, 11) is -14.3. The maximum Gasteiger partial charge on any atom is 3.00 e. The first-order valence-corrected chi connectivity index (χ1v) is 26.8. The monoisotopic (exact) mass is 1170 g/mol. The molecule has 0 rings (SSSR count). The van der Waals surface area contributed by atoms with E-state index in [0.29, 0.717) is 19.3 Å². The Morgan fingerprint density at radius 1 is 0.268 bits per heavy atom. The molecular formula is C36H75Ce2O12P3S3. The maximum atomic E-state index is 10.2. The molecule has 56 heavy (non-hydrogen) atoms. The molecule has 0 aromatic carbocycles. The first-order valence-electron chi connectivity index (χ1n) is 20.5.